The molecule has 0 amide bonds. The van der Waals surface area contributed by atoms with E-state index in [2.05, 4.69) is 0 Å². The van der Waals surface area contributed by atoms with E-state index in [0.29, 0.717) is 18.4 Å². The summed E-state index contributed by atoms with van der Waals surface area (Å²) in [6.07, 6.45) is 0.218. The third-order valence-electron chi connectivity index (χ3n) is 2.54. The highest BCUT2D eigenvalue weighted by Crippen LogP contribution is 2.24. The van der Waals surface area contributed by atoms with E-state index in [-0.39, 0.29) is 11.8 Å². The number of carbonyl (C=O) groups is 2. The Labute approximate surface area is 88.1 Å². The fraction of sp³-hybridized carbons (Fsp3) is 0.333. The summed E-state index contributed by atoms with van der Waals surface area (Å²) in [4.78, 5) is 22.9. The number of hydrogen-bond donors (Lipinski definition) is 0. The summed E-state index contributed by atoms with van der Waals surface area (Å²) in [6.45, 7) is 1.72. The van der Waals surface area contributed by atoms with E-state index in [0.717, 1.165) is 5.56 Å². The van der Waals surface area contributed by atoms with Crippen LogP contribution >= 0.6 is 0 Å². The number of carbonyl (C=O) groups excluding carboxylic acids is 2. The van der Waals surface area contributed by atoms with Crippen molar-refractivity contribution in [1.29, 1.82) is 0 Å². The van der Waals surface area contributed by atoms with Crippen LogP contribution in [0.1, 0.15) is 29.3 Å². The quantitative estimate of drug-likeness (QED) is 0.689. The predicted octanol–water partition coefficient (Wildman–Crippen LogP) is 1.75. The van der Waals surface area contributed by atoms with Crippen molar-refractivity contribution in [3.05, 3.63) is 35.4 Å². The minimum Gasteiger partial charge on any atom is -0.454 e. The molecule has 0 saturated heterocycles. The molecule has 1 aliphatic rings. The first kappa shape index (κ1) is 9.90. The van der Waals surface area contributed by atoms with Gasteiger partial charge in [0.15, 0.2) is 6.10 Å². The Kier molecular flexibility index (Phi) is 2.54. The highest BCUT2D eigenvalue weighted by Gasteiger charge is 2.32. The van der Waals surface area contributed by atoms with Crippen molar-refractivity contribution in [2.75, 3.05) is 0 Å². The normalized spacial score (nSPS) is 18.7. The van der Waals surface area contributed by atoms with Crippen molar-refractivity contribution in [3.63, 3.8) is 0 Å². The van der Waals surface area contributed by atoms with Crippen LogP contribution in [-0.4, -0.2) is 17.9 Å². The molecule has 0 saturated carbocycles. The molecule has 0 fully saturated rings. The zero-order valence-electron chi connectivity index (χ0n) is 8.53. The van der Waals surface area contributed by atoms with E-state index in [9.17, 15) is 9.59 Å². The van der Waals surface area contributed by atoms with E-state index in [1.807, 2.05) is 18.2 Å². The number of esters is 1. The highest BCUT2D eigenvalue weighted by atomic mass is 16.5. The molecular weight excluding hydrogens is 192 g/mol. The van der Waals surface area contributed by atoms with Crippen molar-refractivity contribution >= 4 is 11.8 Å². The molecule has 1 aromatic carbocycles. The van der Waals surface area contributed by atoms with Crippen molar-refractivity contribution < 1.29 is 14.3 Å². The van der Waals surface area contributed by atoms with Crippen LogP contribution in [0.4, 0.5) is 0 Å². The number of benzene rings is 1. The standard InChI is InChI=1S/C12H12O3/c1-2-11(13)15-10-7-8-5-3-4-6-9(8)12(10)14/h3-6,10H,2,7H2,1H3. The summed E-state index contributed by atoms with van der Waals surface area (Å²) in [7, 11) is 0. The molecule has 1 unspecified atom stereocenters. The van der Waals surface area contributed by atoms with Crippen LogP contribution in [0.25, 0.3) is 0 Å². The van der Waals surface area contributed by atoms with E-state index in [1.54, 1.807) is 13.0 Å². The van der Waals surface area contributed by atoms with Gasteiger partial charge in [-0.05, 0) is 5.56 Å². The first-order valence-electron chi connectivity index (χ1n) is 5.04. The topological polar surface area (TPSA) is 43.4 Å². The van der Waals surface area contributed by atoms with Gasteiger partial charge in [-0.15, -0.1) is 0 Å². The summed E-state index contributed by atoms with van der Waals surface area (Å²) in [5.41, 5.74) is 1.66. The molecule has 0 aliphatic heterocycles. The van der Waals surface area contributed by atoms with Gasteiger partial charge in [0.25, 0.3) is 0 Å². The molecule has 1 aromatic rings. The van der Waals surface area contributed by atoms with Crippen LogP contribution in [0.3, 0.4) is 0 Å². The van der Waals surface area contributed by atoms with Crippen LogP contribution in [0.5, 0.6) is 0 Å². The van der Waals surface area contributed by atoms with Crippen molar-refractivity contribution in [2.45, 2.75) is 25.9 Å². The number of fused-ring (bicyclic) bond motifs is 1. The molecule has 0 heterocycles. The third-order valence-corrected chi connectivity index (χ3v) is 2.54. The summed E-state index contributed by atoms with van der Waals surface area (Å²) in [6, 6.07) is 7.38. The van der Waals surface area contributed by atoms with Crippen LogP contribution in [-0.2, 0) is 16.0 Å². The predicted molar refractivity (Wildman–Crippen MR) is 54.6 cm³/mol. The monoisotopic (exact) mass is 204 g/mol. The molecule has 0 bridgehead atoms. The zero-order valence-corrected chi connectivity index (χ0v) is 8.53. The average molecular weight is 204 g/mol. The molecular formula is C12H12O3. The SMILES string of the molecule is CCC(=O)OC1Cc2ccccc2C1=O. The lowest BCUT2D eigenvalue weighted by atomic mass is 10.1. The number of ether oxygens (including phenoxy) is 1. The van der Waals surface area contributed by atoms with Gasteiger partial charge in [-0.2, -0.15) is 0 Å². The second-order valence-corrected chi connectivity index (χ2v) is 3.56. The summed E-state index contributed by atoms with van der Waals surface area (Å²) in [5, 5.41) is 0. The number of Topliss-reactive ketones (excluding diaryl/α,β-unsaturated/α-hetero) is 1. The smallest absolute Gasteiger partial charge is 0.306 e. The second-order valence-electron chi connectivity index (χ2n) is 3.56. The molecule has 3 nitrogen and oxygen atoms in total. The van der Waals surface area contributed by atoms with Crippen LogP contribution in [0, 0.1) is 0 Å². The van der Waals surface area contributed by atoms with E-state index in [4.69, 9.17) is 4.74 Å². The maximum Gasteiger partial charge on any atom is 0.306 e. The minimum atomic E-state index is -0.602. The lowest BCUT2D eigenvalue weighted by Crippen LogP contribution is -2.23. The van der Waals surface area contributed by atoms with E-state index >= 15 is 0 Å². The second kappa shape index (κ2) is 3.85. The molecule has 15 heavy (non-hydrogen) atoms. The molecule has 3 heteroatoms. The Morgan fingerprint density at radius 2 is 2.20 bits per heavy atom. The molecule has 78 valence electrons. The van der Waals surface area contributed by atoms with E-state index in [1.165, 1.54) is 0 Å². The number of ketones is 1. The molecule has 2 rings (SSSR count). The summed E-state index contributed by atoms with van der Waals surface area (Å²) in [5.74, 6) is -0.395. The fourth-order valence-electron chi connectivity index (χ4n) is 1.74. The fourth-order valence-corrected chi connectivity index (χ4v) is 1.74. The van der Waals surface area contributed by atoms with Gasteiger partial charge in [-0.3, -0.25) is 9.59 Å². The minimum absolute atomic E-state index is 0.0765. The Morgan fingerprint density at radius 3 is 2.87 bits per heavy atom. The van der Waals surface area contributed by atoms with Crippen LogP contribution in [0.2, 0.25) is 0 Å². The van der Waals surface area contributed by atoms with Gasteiger partial charge < -0.3 is 4.74 Å². The lowest BCUT2D eigenvalue weighted by Gasteiger charge is -2.08. The van der Waals surface area contributed by atoms with Crippen molar-refractivity contribution in [2.24, 2.45) is 0 Å². The Morgan fingerprint density at radius 1 is 1.47 bits per heavy atom. The zero-order chi connectivity index (χ0) is 10.8. The molecule has 0 spiro atoms. The van der Waals surface area contributed by atoms with Gasteiger partial charge in [0.05, 0.1) is 0 Å². The maximum atomic E-state index is 11.8. The molecule has 1 atom stereocenters. The third kappa shape index (κ3) is 1.77. The van der Waals surface area contributed by atoms with Gasteiger partial charge in [0.1, 0.15) is 0 Å². The average Bonchev–Trinajstić information content (AvgIpc) is 2.57. The highest BCUT2D eigenvalue weighted by molar-refractivity contribution is 6.04. The van der Waals surface area contributed by atoms with Crippen LogP contribution < -0.4 is 0 Å². The Hall–Kier alpha value is -1.64. The Bertz CT molecular complexity index is 409. The molecule has 0 radical (unpaired) electrons. The first-order valence-corrected chi connectivity index (χ1v) is 5.04. The number of rotatable bonds is 2. The van der Waals surface area contributed by atoms with Gasteiger partial charge in [-0.1, -0.05) is 31.2 Å². The summed E-state index contributed by atoms with van der Waals surface area (Å²) < 4.78 is 5.07. The van der Waals surface area contributed by atoms with Gasteiger partial charge in [-0.25, -0.2) is 0 Å². The maximum absolute atomic E-state index is 11.8. The van der Waals surface area contributed by atoms with Gasteiger partial charge in [0, 0.05) is 18.4 Å². The number of hydrogen-bond acceptors (Lipinski definition) is 3. The molecule has 0 N–H and O–H groups in total. The summed E-state index contributed by atoms with van der Waals surface area (Å²) >= 11 is 0. The van der Waals surface area contributed by atoms with Crippen molar-refractivity contribution in [1.82, 2.24) is 0 Å². The van der Waals surface area contributed by atoms with Crippen molar-refractivity contribution in [3.8, 4) is 0 Å². The first-order chi connectivity index (χ1) is 7.22. The molecule has 1 aliphatic carbocycles. The largest absolute Gasteiger partial charge is 0.454 e. The van der Waals surface area contributed by atoms with Crippen LogP contribution in [0.15, 0.2) is 24.3 Å². The van der Waals surface area contributed by atoms with Gasteiger partial charge >= 0.3 is 5.97 Å². The lowest BCUT2D eigenvalue weighted by molar-refractivity contribution is -0.146. The molecule has 0 aromatic heterocycles. The van der Waals surface area contributed by atoms with Gasteiger partial charge in [0.2, 0.25) is 5.78 Å². The Balaban J connectivity index is 2.17. The van der Waals surface area contributed by atoms with E-state index < -0.39 is 6.10 Å².